The molecule has 0 aliphatic rings. The number of hydrogen-bond acceptors (Lipinski definition) is 3. The van der Waals surface area contributed by atoms with Crippen LogP contribution in [0.2, 0.25) is 6.04 Å². The molecule has 12 heavy (non-hydrogen) atoms. The zero-order chi connectivity index (χ0) is 9.61. The second-order valence-electron chi connectivity index (χ2n) is 3.76. The highest BCUT2D eigenvalue weighted by Crippen LogP contribution is 2.12. The van der Waals surface area contributed by atoms with Gasteiger partial charge < -0.3 is 8.85 Å². The van der Waals surface area contributed by atoms with Gasteiger partial charge in [0.05, 0.1) is 0 Å². The summed E-state index contributed by atoms with van der Waals surface area (Å²) in [6.45, 7) is 6.19. The van der Waals surface area contributed by atoms with Gasteiger partial charge >= 0.3 is 9.28 Å². The zero-order valence-corrected chi connectivity index (χ0v) is 10.5. The summed E-state index contributed by atoms with van der Waals surface area (Å²) in [5.74, 6) is 0.917. The van der Waals surface area contributed by atoms with Crippen LogP contribution in [0.25, 0.3) is 0 Å². The molecule has 4 heteroatoms. The lowest BCUT2D eigenvalue weighted by molar-refractivity contribution is 0.0915. The van der Waals surface area contributed by atoms with Crippen LogP contribution >= 0.6 is 12.6 Å². The molecule has 0 N–H and O–H groups in total. The molecule has 2 nitrogen and oxygen atoms in total. The van der Waals surface area contributed by atoms with Gasteiger partial charge in [0.1, 0.15) is 0 Å². The standard InChI is InChI=1S/C8H20O2SSi/c1-8(2,3)10-12(9-4)7-5-6-11/h11-12H,5-7H2,1-4H3. The van der Waals surface area contributed by atoms with E-state index in [1.165, 1.54) is 0 Å². The first kappa shape index (κ1) is 12.5. The van der Waals surface area contributed by atoms with Crippen molar-refractivity contribution >= 4 is 21.9 Å². The molecule has 74 valence electrons. The van der Waals surface area contributed by atoms with Gasteiger partial charge in [0, 0.05) is 12.7 Å². The van der Waals surface area contributed by atoms with Crippen LogP contribution in [0.1, 0.15) is 27.2 Å². The molecular formula is C8H20O2SSi. The summed E-state index contributed by atoms with van der Waals surface area (Å²) >= 11 is 4.16. The molecule has 0 aliphatic heterocycles. The first-order valence-electron chi connectivity index (χ1n) is 4.31. The van der Waals surface area contributed by atoms with Gasteiger partial charge in [0.15, 0.2) is 0 Å². The monoisotopic (exact) mass is 208 g/mol. The molecule has 0 radical (unpaired) electrons. The zero-order valence-electron chi connectivity index (χ0n) is 8.46. The van der Waals surface area contributed by atoms with E-state index in [0.717, 1.165) is 18.2 Å². The lowest BCUT2D eigenvalue weighted by Gasteiger charge is -2.25. The fraction of sp³-hybridized carbons (Fsp3) is 1.00. The van der Waals surface area contributed by atoms with Crippen LogP contribution in [0.5, 0.6) is 0 Å². The molecule has 0 rings (SSSR count). The van der Waals surface area contributed by atoms with Gasteiger partial charge in [0.25, 0.3) is 0 Å². The van der Waals surface area contributed by atoms with E-state index in [0.29, 0.717) is 0 Å². The molecule has 0 heterocycles. The Labute approximate surface area is 82.9 Å². The largest absolute Gasteiger partial charge is 0.400 e. The van der Waals surface area contributed by atoms with Crippen molar-refractivity contribution in [3.8, 4) is 0 Å². The minimum atomic E-state index is -1.40. The summed E-state index contributed by atoms with van der Waals surface area (Å²) < 4.78 is 11.1. The topological polar surface area (TPSA) is 18.5 Å². The Hall–Kier alpha value is 0.487. The molecule has 0 saturated heterocycles. The highest BCUT2D eigenvalue weighted by atomic mass is 32.1. The molecule has 0 fully saturated rings. The Bertz CT molecular complexity index is 114. The molecule has 0 spiro atoms. The first-order valence-corrected chi connectivity index (χ1v) is 6.70. The summed E-state index contributed by atoms with van der Waals surface area (Å²) in [5, 5.41) is 0. The Kier molecular flexibility index (Phi) is 6.26. The van der Waals surface area contributed by atoms with Crippen LogP contribution in [0.4, 0.5) is 0 Å². The second-order valence-corrected chi connectivity index (χ2v) is 6.35. The van der Waals surface area contributed by atoms with Gasteiger partial charge in [-0.05, 0) is 39.0 Å². The SMILES string of the molecule is CO[SiH](CCCS)OC(C)(C)C. The molecule has 0 aromatic rings. The molecule has 0 bridgehead atoms. The van der Waals surface area contributed by atoms with E-state index in [9.17, 15) is 0 Å². The van der Waals surface area contributed by atoms with E-state index in [2.05, 4.69) is 33.4 Å². The molecule has 0 aromatic heterocycles. The Balaban J connectivity index is 3.67. The maximum atomic E-state index is 5.77. The van der Waals surface area contributed by atoms with E-state index in [4.69, 9.17) is 8.85 Å². The average molecular weight is 208 g/mol. The third-order valence-electron chi connectivity index (χ3n) is 1.35. The van der Waals surface area contributed by atoms with Gasteiger partial charge in [-0.2, -0.15) is 12.6 Å². The van der Waals surface area contributed by atoms with E-state index < -0.39 is 9.28 Å². The molecular weight excluding hydrogens is 188 g/mol. The van der Waals surface area contributed by atoms with Gasteiger partial charge in [-0.15, -0.1) is 0 Å². The van der Waals surface area contributed by atoms with Crippen molar-refractivity contribution in [1.29, 1.82) is 0 Å². The summed E-state index contributed by atoms with van der Waals surface area (Å²) in [6.07, 6.45) is 1.09. The number of rotatable bonds is 5. The Morgan fingerprint density at radius 2 is 1.92 bits per heavy atom. The van der Waals surface area contributed by atoms with Crippen molar-refractivity contribution in [3.05, 3.63) is 0 Å². The third-order valence-corrected chi connectivity index (χ3v) is 4.04. The first-order chi connectivity index (χ1) is 5.49. The summed E-state index contributed by atoms with van der Waals surface area (Å²) in [4.78, 5) is 0. The fourth-order valence-corrected chi connectivity index (χ4v) is 3.18. The van der Waals surface area contributed by atoms with Gasteiger partial charge in [-0.25, -0.2) is 0 Å². The Morgan fingerprint density at radius 1 is 1.33 bits per heavy atom. The van der Waals surface area contributed by atoms with Crippen LogP contribution in [-0.2, 0) is 8.85 Å². The fourth-order valence-electron chi connectivity index (χ4n) is 0.877. The highest BCUT2D eigenvalue weighted by Gasteiger charge is 2.19. The van der Waals surface area contributed by atoms with E-state index in [1.54, 1.807) is 7.11 Å². The summed E-state index contributed by atoms with van der Waals surface area (Å²) in [6, 6.07) is 1.05. The lowest BCUT2D eigenvalue weighted by atomic mass is 10.2. The quantitative estimate of drug-likeness (QED) is 0.550. The maximum absolute atomic E-state index is 5.77. The highest BCUT2D eigenvalue weighted by molar-refractivity contribution is 7.80. The molecule has 0 amide bonds. The van der Waals surface area contributed by atoms with Gasteiger partial charge in [0.2, 0.25) is 0 Å². The lowest BCUT2D eigenvalue weighted by Crippen LogP contribution is -2.32. The van der Waals surface area contributed by atoms with Crippen molar-refractivity contribution in [1.82, 2.24) is 0 Å². The van der Waals surface area contributed by atoms with Crippen molar-refractivity contribution in [3.63, 3.8) is 0 Å². The molecule has 0 aliphatic carbocycles. The van der Waals surface area contributed by atoms with Crippen molar-refractivity contribution in [2.24, 2.45) is 0 Å². The van der Waals surface area contributed by atoms with Crippen molar-refractivity contribution < 1.29 is 8.85 Å². The van der Waals surface area contributed by atoms with E-state index in [1.807, 2.05) is 0 Å². The maximum Gasteiger partial charge on any atom is 0.321 e. The van der Waals surface area contributed by atoms with Crippen LogP contribution in [0.15, 0.2) is 0 Å². The molecule has 1 unspecified atom stereocenters. The predicted molar refractivity (Wildman–Crippen MR) is 58.3 cm³/mol. The average Bonchev–Trinajstić information content (AvgIpc) is 1.95. The number of thiol groups is 1. The minimum Gasteiger partial charge on any atom is -0.400 e. The third kappa shape index (κ3) is 7.15. The molecule has 0 aromatic carbocycles. The van der Waals surface area contributed by atoms with Gasteiger partial charge in [-0.3, -0.25) is 0 Å². The molecule has 0 saturated carbocycles. The Morgan fingerprint density at radius 3 is 2.25 bits per heavy atom. The van der Waals surface area contributed by atoms with Crippen LogP contribution < -0.4 is 0 Å². The number of hydrogen-bond donors (Lipinski definition) is 1. The van der Waals surface area contributed by atoms with Crippen molar-refractivity contribution in [2.75, 3.05) is 12.9 Å². The van der Waals surface area contributed by atoms with Crippen LogP contribution in [0.3, 0.4) is 0 Å². The summed E-state index contributed by atoms with van der Waals surface area (Å²) in [7, 11) is 0.333. The van der Waals surface area contributed by atoms with Crippen molar-refractivity contribution in [2.45, 2.75) is 38.8 Å². The molecule has 1 atom stereocenters. The smallest absolute Gasteiger partial charge is 0.321 e. The van der Waals surface area contributed by atoms with Crippen LogP contribution in [-0.4, -0.2) is 27.7 Å². The minimum absolute atomic E-state index is 0.0660. The predicted octanol–water partition coefficient (Wildman–Crippen LogP) is 1.99. The normalized spacial score (nSPS) is 14.8. The van der Waals surface area contributed by atoms with Crippen LogP contribution in [0, 0.1) is 0 Å². The van der Waals surface area contributed by atoms with E-state index in [-0.39, 0.29) is 5.60 Å². The van der Waals surface area contributed by atoms with E-state index >= 15 is 0 Å². The summed E-state index contributed by atoms with van der Waals surface area (Å²) in [5.41, 5.74) is -0.0660. The second kappa shape index (κ2) is 6.02. The van der Waals surface area contributed by atoms with Gasteiger partial charge in [-0.1, -0.05) is 0 Å².